The first-order chi connectivity index (χ1) is 10.7. The molecule has 22 heavy (non-hydrogen) atoms. The fourth-order valence-electron chi connectivity index (χ4n) is 2.71. The van der Waals surface area contributed by atoms with Gasteiger partial charge in [0, 0.05) is 24.4 Å². The lowest BCUT2D eigenvalue weighted by Crippen LogP contribution is -2.16. The number of hydrogen-bond acceptors (Lipinski definition) is 4. The summed E-state index contributed by atoms with van der Waals surface area (Å²) in [6.45, 7) is 1.65. The Morgan fingerprint density at radius 3 is 2.73 bits per heavy atom. The van der Waals surface area contributed by atoms with E-state index >= 15 is 0 Å². The summed E-state index contributed by atoms with van der Waals surface area (Å²) in [6.07, 6.45) is 5.90. The number of hydrogen-bond donors (Lipinski definition) is 2. The van der Waals surface area contributed by atoms with Gasteiger partial charge in [-0.05, 0) is 43.4 Å². The van der Waals surface area contributed by atoms with Crippen molar-refractivity contribution in [1.82, 2.24) is 10.3 Å². The molecule has 1 aromatic heterocycles. The van der Waals surface area contributed by atoms with Crippen LogP contribution < -0.4 is 5.32 Å². The Hall–Kier alpha value is -1.72. The number of benzene rings is 1. The molecular weight excluding hydrogens is 296 g/mol. The maximum Gasteiger partial charge on any atom is 0.335 e. The molecule has 116 valence electrons. The smallest absolute Gasteiger partial charge is 0.335 e. The summed E-state index contributed by atoms with van der Waals surface area (Å²) in [5, 5.41) is 13.5. The summed E-state index contributed by atoms with van der Waals surface area (Å²) >= 11 is 1.87. The van der Waals surface area contributed by atoms with Gasteiger partial charge in [0.1, 0.15) is 0 Å². The molecule has 0 atom stereocenters. The number of aromatic nitrogens is 1. The van der Waals surface area contributed by atoms with E-state index in [0.29, 0.717) is 5.56 Å². The number of rotatable bonds is 6. The molecule has 1 heterocycles. The molecule has 0 bridgehead atoms. The third kappa shape index (κ3) is 3.72. The molecule has 0 spiro atoms. The second-order valence-corrected chi connectivity index (χ2v) is 6.78. The molecule has 0 amide bonds. The van der Waals surface area contributed by atoms with E-state index in [2.05, 4.69) is 5.32 Å². The van der Waals surface area contributed by atoms with Crippen LogP contribution in [0.3, 0.4) is 0 Å². The van der Waals surface area contributed by atoms with E-state index in [4.69, 9.17) is 10.1 Å². The zero-order chi connectivity index (χ0) is 15.4. The Morgan fingerprint density at radius 2 is 2.00 bits per heavy atom. The van der Waals surface area contributed by atoms with Gasteiger partial charge in [-0.25, -0.2) is 9.78 Å². The second kappa shape index (κ2) is 7.03. The molecule has 0 aliphatic heterocycles. The lowest BCUT2D eigenvalue weighted by atomic mass is 10.0. The predicted octanol–water partition coefficient (Wildman–Crippen LogP) is 3.05. The monoisotopic (exact) mass is 316 g/mol. The van der Waals surface area contributed by atoms with E-state index in [0.717, 1.165) is 31.5 Å². The van der Waals surface area contributed by atoms with Gasteiger partial charge in [-0.15, -0.1) is 11.3 Å². The topological polar surface area (TPSA) is 62.2 Å². The Labute approximate surface area is 134 Å². The molecule has 4 nitrogen and oxygen atoms in total. The van der Waals surface area contributed by atoms with Crippen molar-refractivity contribution in [2.75, 3.05) is 6.54 Å². The minimum atomic E-state index is -0.882. The van der Waals surface area contributed by atoms with Crippen LogP contribution >= 0.6 is 11.3 Å². The first kappa shape index (κ1) is 15.2. The fourth-order valence-corrected chi connectivity index (χ4v) is 3.86. The molecule has 3 rings (SSSR count). The van der Waals surface area contributed by atoms with E-state index in [-0.39, 0.29) is 0 Å². The van der Waals surface area contributed by atoms with Crippen LogP contribution in [0.1, 0.15) is 44.3 Å². The minimum Gasteiger partial charge on any atom is -0.478 e. The van der Waals surface area contributed by atoms with Crippen LogP contribution in [0.25, 0.3) is 0 Å². The van der Waals surface area contributed by atoms with Crippen LogP contribution in [0.4, 0.5) is 0 Å². The normalized spacial score (nSPS) is 13.8. The van der Waals surface area contributed by atoms with Gasteiger partial charge in [0.2, 0.25) is 0 Å². The Morgan fingerprint density at radius 1 is 1.23 bits per heavy atom. The molecule has 0 saturated carbocycles. The Bertz CT molecular complexity index is 626. The fraction of sp³-hybridized carbons (Fsp3) is 0.412. The van der Waals surface area contributed by atoms with Crippen molar-refractivity contribution in [2.24, 2.45) is 0 Å². The lowest BCUT2D eigenvalue weighted by Gasteiger charge is -2.06. The molecule has 0 fully saturated rings. The van der Waals surface area contributed by atoms with E-state index in [1.165, 1.54) is 34.8 Å². The van der Waals surface area contributed by atoms with E-state index in [1.54, 1.807) is 12.1 Å². The standard InChI is InChI=1S/C17H20N2O2S/c20-17(21)13-7-5-12(6-8-13)11-18-10-9-16-19-14-3-1-2-4-15(14)22-16/h5-8,18H,1-4,9-11H2,(H,20,21). The first-order valence-electron chi connectivity index (χ1n) is 7.73. The van der Waals surface area contributed by atoms with Crippen LogP contribution in [0, 0.1) is 0 Å². The Kier molecular flexibility index (Phi) is 4.85. The molecule has 0 saturated heterocycles. The van der Waals surface area contributed by atoms with Gasteiger partial charge in [-0.1, -0.05) is 12.1 Å². The number of fused-ring (bicyclic) bond motifs is 1. The average molecular weight is 316 g/mol. The highest BCUT2D eigenvalue weighted by Gasteiger charge is 2.14. The molecule has 1 aliphatic rings. The number of carboxylic acid groups (broad SMARTS) is 1. The van der Waals surface area contributed by atoms with Crippen molar-refractivity contribution < 1.29 is 9.90 Å². The van der Waals surface area contributed by atoms with Gasteiger partial charge in [0.05, 0.1) is 16.3 Å². The van der Waals surface area contributed by atoms with Crippen molar-refractivity contribution in [1.29, 1.82) is 0 Å². The summed E-state index contributed by atoms with van der Waals surface area (Å²) in [5.74, 6) is -0.882. The largest absolute Gasteiger partial charge is 0.478 e. The molecule has 0 radical (unpaired) electrons. The third-order valence-electron chi connectivity index (χ3n) is 3.94. The van der Waals surface area contributed by atoms with E-state index in [9.17, 15) is 4.79 Å². The van der Waals surface area contributed by atoms with E-state index < -0.39 is 5.97 Å². The molecule has 0 unspecified atom stereocenters. The average Bonchev–Trinajstić information content (AvgIpc) is 2.95. The maximum absolute atomic E-state index is 10.8. The highest BCUT2D eigenvalue weighted by Crippen LogP contribution is 2.26. The molecule has 5 heteroatoms. The lowest BCUT2D eigenvalue weighted by molar-refractivity contribution is 0.0697. The number of aromatic carboxylic acids is 1. The van der Waals surface area contributed by atoms with Gasteiger partial charge < -0.3 is 10.4 Å². The van der Waals surface area contributed by atoms with E-state index in [1.807, 2.05) is 23.5 Å². The zero-order valence-electron chi connectivity index (χ0n) is 12.5. The summed E-state index contributed by atoms with van der Waals surface area (Å²) in [4.78, 5) is 17.0. The Balaban J connectivity index is 1.45. The van der Waals surface area contributed by atoms with Crippen molar-refractivity contribution in [3.8, 4) is 0 Å². The quantitative estimate of drug-likeness (QED) is 0.804. The van der Waals surface area contributed by atoms with Crippen molar-refractivity contribution >= 4 is 17.3 Å². The summed E-state index contributed by atoms with van der Waals surface area (Å²) < 4.78 is 0. The molecular formula is C17H20N2O2S. The van der Waals surface area contributed by atoms with Crippen LogP contribution in [-0.4, -0.2) is 22.6 Å². The number of carboxylic acids is 1. The number of aryl methyl sites for hydroxylation is 2. The highest BCUT2D eigenvalue weighted by atomic mass is 32.1. The molecule has 1 aliphatic carbocycles. The van der Waals surface area contributed by atoms with Crippen LogP contribution in [-0.2, 0) is 25.8 Å². The highest BCUT2D eigenvalue weighted by molar-refractivity contribution is 7.11. The van der Waals surface area contributed by atoms with Gasteiger partial charge in [-0.2, -0.15) is 0 Å². The number of carbonyl (C=O) groups is 1. The van der Waals surface area contributed by atoms with Gasteiger partial charge >= 0.3 is 5.97 Å². The van der Waals surface area contributed by atoms with Crippen molar-refractivity contribution in [2.45, 2.75) is 38.6 Å². The number of nitrogens with zero attached hydrogens (tertiary/aromatic N) is 1. The minimum absolute atomic E-state index is 0.331. The second-order valence-electron chi connectivity index (χ2n) is 5.61. The van der Waals surface area contributed by atoms with Crippen LogP contribution in [0.5, 0.6) is 0 Å². The molecule has 2 N–H and O–H groups in total. The first-order valence-corrected chi connectivity index (χ1v) is 8.54. The summed E-state index contributed by atoms with van der Waals surface area (Å²) in [7, 11) is 0. The van der Waals surface area contributed by atoms with Crippen LogP contribution in [0.2, 0.25) is 0 Å². The molecule has 2 aromatic rings. The number of thiazole rings is 1. The summed E-state index contributed by atoms with van der Waals surface area (Å²) in [6, 6.07) is 7.01. The van der Waals surface area contributed by atoms with Gasteiger partial charge in [0.15, 0.2) is 0 Å². The zero-order valence-corrected chi connectivity index (χ0v) is 13.3. The van der Waals surface area contributed by atoms with Crippen molar-refractivity contribution in [3.63, 3.8) is 0 Å². The van der Waals surface area contributed by atoms with Gasteiger partial charge in [-0.3, -0.25) is 0 Å². The van der Waals surface area contributed by atoms with Gasteiger partial charge in [0.25, 0.3) is 0 Å². The number of nitrogens with one attached hydrogen (secondary N) is 1. The maximum atomic E-state index is 10.8. The molecule has 1 aromatic carbocycles. The van der Waals surface area contributed by atoms with Crippen molar-refractivity contribution in [3.05, 3.63) is 51.0 Å². The predicted molar refractivity (Wildman–Crippen MR) is 87.6 cm³/mol. The third-order valence-corrected chi connectivity index (χ3v) is 5.15. The SMILES string of the molecule is O=C(O)c1ccc(CNCCc2nc3c(s2)CCCC3)cc1. The van der Waals surface area contributed by atoms with Crippen LogP contribution in [0.15, 0.2) is 24.3 Å². The summed E-state index contributed by atoms with van der Waals surface area (Å²) in [5.41, 5.74) is 2.76.